The molecule has 0 aliphatic carbocycles. The second-order valence-electron chi connectivity index (χ2n) is 3.69. The van der Waals surface area contributed by atoms with E-state index in [-0.39, 0.29) is 0 Å². The van der Waals surface area contributed by atoms with E-state index in [1.807, 2.05) is 0 Å². The van der Waals surface area contributed by atoms with Crippen molar-refractivity contribution in [3.63, 3.8) is 0 Å². The van der Waals surface area contributed by atoms with Crippen LogP contribution < -0.4 is 5.32 Å². The maximum atomic E-state index is 3.45. The molecular weight excluding hydrogens is 166 g/mol. The van der Waals surface area contributed by atoms with Gasteiger partial charge in [0.25, 0.3) is 0 Å². The Morgan fingerprint density at radius 2 is 1.92 bits per heavy atom. The van der Waals surface area contributed by atoms with Crippen LogP contribution in [0.2, 0.25) is 0 Å². The van der Waals surface area contributed by atoms with Crippen LogP contribution in [0.25, 0.3) is 0 Å². The van der Waals surface area contributed by atoms with Crippen molar-refractivity contribution in [3.05, 3.63) is 0 Å². The molecule has 74 valence electrons. The van der Waals surface area contributed by atoms with Crippen molar-refractivity contribution in [1.29, 1.82) is 0 Å². The number of nitrogens with one attached hydrogen (secondary N) is 1. The molecule has 0 amide bonds. The molecule has 0 saturated carbocycles. The summed E-state index contributed by atoms with van der Waals surface area (Å²) in [6.45, 7) is 11.4. The Labute approximate surface area is 81.7 Å². The normalized spacial score (nSPS) is 13.8. The molecule has 0 heterocycles. The van der Waals surface area contributed by atoms with E-state index in [9.17, 15) is 0 Å². The standard InChI is InChI=1S/C10H23NS/c1-5-6-11-7-10(4)8-12-9(2)3/h9-11H,5-8H2,1-4H3. The first-order chi connectivity index (χ1) is 5.66. The fourth-order valence-corrected chi connectivity index (χ4v) is 1.77. The van der Waals surface area contributed by atoms with Crippen molar-refractivity contribution >= 4 is 11.8 Å². The number of rotatable bonds is 7. The van der Waals surface area contributed by atoms with Crippen LogP contribution in [-0.4, -0.2) is 24.1 Å². The predicted molar refractivity (Wildman–Crippen MR) is 59.9 cm³/mol. The second kappa shape index (κ2) is 7.93. The molecule has 0 spiro atoms. The molecule has 0 bridgehead atoms. The van der Waals surface area contributed by atoms with E-state index in [1.54, 1.807) is 0 Å². The van der Waals surface area contributed by atoms with Gasteiger partial charge >= 0.3 is 0 Å². The van der Waals surface area contributed by atoms with Crippen molar-refractivity contribution in [2.75, 3.05) is 18.8 Å². The first-order valence-corrected chi connectivity index (χ1v) is 6.04. The molecule has 0 aromatic heterocycles. The predicted octanol–water partition coefficient (Wildman–Crippen LogP) is 2.76. The summed E-state index contributed by atoms with van der Waals surface area (Å²) in [5.74, 6) is 2.10. The lowest BCUT2D eigenvalue weighted by molar-refractivity contribution is 0.556. The Kier molecular flexibility index (Phi) is 8.14. The maximum absolute atomic E-state index is 3.45. The van der Waals surface area contributed by atoms with Crippen molar-refractivity contribution < 1.29 is 0 Å². The van der Waals surface area contributed by atoms with Gasteiger partial charge in [0, 0.05) is 0 Å². The Hall–Kier alpha value is 0.310. The van der Waals surface area contributed by atoms with Gasteiger partial charge in [-0.05, 0) is 36.4 Å². The largest absolute Gasteiger partial charge is 0.316 e. The highest BCUT2D eigenvalue weighted by Gasteiger charge is 2.02. The van der Waals surface area contributed by atoms with E-state index in [0.29, 0.717) is 0 Å². The Balaban J connectivity index is 3.15. The first-order valence-electron chi connectivity index (χ1n) is 4.99. The lowest BCUT2D eigenvalue weighted by atomic mass is 10.2. The molecule has 0 rings (SSSR count). The molecule has 0 saturated heterocycles. The fourth-order valence-electron chi connectivity index (χ4n) is 0.941. The summed E-state index contributed by atoms with van der Waals surface area (Å²) in [5, 5.41) is 4.22. The van der Waals surface area contributed by atoms with Crippen LogP contribution in [0.5, 0.6) is 0 Å². The van der Waals surface area contributed by atoms with Crippen LogP contribution in [0.4, 0.5) is 0 Å². The van der Waals surface area contributed by atoms with E-state index in [4.69, 9.17) is 0 Å². The van der Waals surface area contributed by atoms with Crippen molar-refractivity contribution in [2.45, 2.75) is 39.4 Å². The molecule has 1 atom stereocenters. The Morgan fingerprint density at radius 3 is 2.42 bits per heavy atom. The summed E-state index contributed by atoms with van der Waals surface area (Å²) in [4.78, 5) is 0. The van der Waals surface area contributed by atoms with Crippen LogP contribution in [-0.2, 0) is 0 Å². The first kappa shape index (κ1) is 12.3. The van der Waals surface area contributed by atoms with E-state index in [2.05, 4.69) is 44.8 Å². The smallest absolute Gasteiger partial charge is 0.000957 e. The summed E-state index contributed by atoms with van der Waals surface area (Å²) in [7, 11) is 0. The second-order valence-corrected chi connectivity index (χ2v) is 5.30. The van der Waals surface area contributed by atoms with Crippen molar-refractivity contribution in [1.82, 2.24) is 5.32 Å². The molecule has 12 heavy (non-hydrogen) atoms. The molecule has 2 heteroatoms. The molecular formula is C10H23NS. The van der Waals surface area contributed by atoms with Crippen LogP contribution >= 0.6 is 11.8 Å². The van der Waals surface area contributed by atoms with E-state index in [1.165, 1.54) is 18.7 Å². The molecule has 1 nitrogen and oxygen atoms in total. The van der Waals surface area contributed by atoms with Crippen LogP contribution in [0.3, 0.4) is 0 Å². The zero-order valence-corrected chi connectivity index (χ0v) is 9.71. The fraction of sp³-hybridized carbons (Fsp3) is 1.00. The summed E-state index contributed by atoms with van der Waals surface area (Å²) < 4.78 is 0. The highest BCUT2D eigenvalue weighted by molar-refractivity contribution is 7.99. The minimum Gasteiger partial charge on any atom is -0.316 e. The van der Waals surface area contributed by atoms with Crippen LogP contribution in [0, 0.1) is 5.92 Å². The van der Waals surface area contributed by atoms with Crippen molar-refractivity contribution in [2.24, 2.45) is 5.92 Å². The van der Waals surface area contributed by atoms with Gasteiger partial charge in [-0.25, -0.2) is 0 Å². The van der Waals surface area contributed by atoms with Crippen LogP contribution in [0.15, 0.2) is 0 Å². The number of hydrogen-bond acceptors (Lipinski definition) is 2. The van der Waals surface area contributed by atoms with Gasteiger partial charge in [0.15, 0.2) is 0 Å². The Bertz CT molecular complexity index is 93.8. The van der Waals surface area contributed by atoms with Gasteiger partial charge in [-0.2, -0.15) is 11.8 Å². The summed E-state index contributed by atoms with van der Waals surface area (Å²) in [6.07, 6.45) is 1.24. The molecule has 0 fully saturated rings. The third kappa shape index (κ3) is 8.41. The number of thioether (sulfide) groups is 1. The lowest BCUT2D eigenvalue weighted by Crippen LogP contribution is -2.23. The van der Waals surface area contributed by atoms with E-state index in [0.717, 1.165) is 17.7 Å². The average molecular weight is 189 g/mol. The number of hydrogen-bond donors (Lipinski definition) is 1. The minimum atomic E-state index is 0.777. The molecule has 0 aromatic carbocycles. The third-order valence-corrected chi connectivity index (χ3v) is 3.06. The molecule has 0 aliphatic heterocycles. The molecule has 1 unspecified atom stereocenters. The van der Waals surface area contributed by atoms with Gasteiger partial charge in [0.1, 0.15) is 0 Å². The highest BCUT2D eigenvalue weighted by atomic mass is 32.2. The maximum Gasteiger partial charge on any atom is -0.000957 e. The minimum absolute atomic E-state index is 0.777. The van der Waals surface area contributed by atoms with Crippen LogP contribution in [0.1, 0.15) is 34.1 Å². The quantitative estimate of drug-likeness (QED) is 0.618. The van der Waals surface area contributed by atoms with E-state index >= 15 is 0 Å². The van der Waals surface area contributed by atoms with E-state index < -0.39 is 0 Å². The zero-order valence-electron chi connectivity index (χ0n) is 8.89. The van der Waals surface area contributed by atoms with Gasteiger partial charge in [-0.15, -0.1) is 0 Å². The average Bonchev–Trinajstić information content (AvgIpc) is 2.01. The molecule has 0 aliphatic rings. The lowest BCUT2D eigenvalue weighted by Gasteiger charge is -2.13. The van der Waals surface area contributed by atoms with Gasteiger partial charge in [-0.1, -0.05) is 27.7 Å². The summed E-state index contributed by atoms with van der Waals surface area (Å²) in [6, 6.07) is 0. The molecule has 1 N–H and O–H groups in total. The van der Waals surface area contributed by atoms with Gasteiger partial charge < -0.3 is 5.32 Å². The topological polar surface area (TPSA) is 12.0 Å². The zero-order chi connectivity index (χ0) is 9.40. The highest BCUT2D eigenvalue weighted by Crippen LogP contribution is 2.13. The molecule has 0 radical (unpaired) electrons. The third-order valence-electron chi connectivity index (χ3n) is 1.63. The molecule has 0 aromatic rings. The summed E-state index contributed by atoms with van der Waals surface area (Å²) in [5.41, 5.74) is 0. The van der Waals surface area contributed by atoms with Crippen molar-refractivity contribution in [3.8, 4) is 0 Å². The van der Waals surface area contributed by atoms with Gasteiger partial charge in [-0.3, -0.25) is 0 Å². The monoisotopic (exact) mass is 189 g/mol. The SMILES string of the molecule is CCCNCC(C)CSC(C)C. The Morgan fingerprint density at radius 1 is 1.25 bits per heavy atom. The van der Waals surface area contributed by atoms with Gasteiger partial charge in [0.2, 0.25) is 0 Å². The summed E-state index contributed by atoms with van der Waals surface area (Å²) >= 11 is 2.06. The van der Waals surface area contributed by atoms with Gasteiger partial charge in [0.05, 0.1) is 0 Å².